The average molecular weight is 445 g/mol. The molecule has 2 aromatic rings. The summed E-state index contributed by atoms with van der Waals surface area (Å²) >= 11 is 15.6. The van der Waals surface area contributed by atoms with Crippen LogP contribution in [0, 0.1) is 0 Å². The number of ether oxygens (including phenoxy) is 2. The van der Waals surface area contributed by atoms with E-state index in [1.54, 1.807) is 12.1 Å². The van der Waals surface area contributed by atoms with E-state index in [0.717, 1.165) is 22.1 Å². The minimum Gasteiger partial charge on any atom is -0.490 e. The molecule has 25 heavy (non-hydrogen) atoms. The molecule has 1 N–H and O–H groups in total. The molecule has 0 atom stereocenters. The van der Waals surface area contributed by atoms with Gasteiger partial charge < -0.3 is 14.8 Å². The normalized spacial score (nSPS) is 10.6. The van der Waals surface area contributed by atoms with Crippen LogP contribution in [0.15, 0.2) is 47.5 Å². The van der Waals surface area contributed by atoms with E-state index in [0.29, 0.717) is 41.3 Å². The molecule has 3 nitrogen and oxygen atoms in total. The summed E-state index contributed by atoms with van der Waals surface area (Å²) in [6, 6.07) is 9.35. The van der Waals surface area contributed by atoms with Gasteiger partial charge in [-0.25, -0.2) is 0 Å². The second-order valence-corrected chi connectivity index (χ2v) is 6.95. The SMILES string of the molecule is C=CCNCc1cc(OCC)c(OCc2ccc(Cl)c(Cl)c2)cc1Br. The lowest BCUT2D eigenvalue weighted by molar-refractivity contribution is 0.269. The third-order valence-electron chi connectivity index (χ3n) is 3.40. The second-order valence-electron chi connectivity index (χ2n) is 5.28. The lowest BCUT2D eigenvalue weighted by Crippen LogP contribution is -2.13. The molecular formula is C19H20BrCl2NO2. The Hall–Kier alpha value is -1.20. The predicted molar refractivity (Wildman–Crippen MR) is 108 cm³/mol. The summed E-state index contributed by atoms with van der Waals surface area (Å²) in [4.78, 5) is 0. The monoisotopic (exact) mass is 443 g/mol. The minimum absolute atomic E-state index is 0.372. The maximum Gasteiger partial charge on any atom is 0.162 e. The summed E-state index contributed by atoms with van der Waals surface area (Å²) in [5.41, 5.74) is 2.02. The molecule has 0 aliphatic rings. The Balaban J connectivity index is 2.16. The van der Waals surface area contributed by atoms with Gasteiger partial charge in [0, 0.05) is 17.6 Å². The Bertz CT molecular complexity index is 738. The van der Waals surface area contributed by atoms with E-state index in [2.05, 4.69) is 27.8 Å². The summed E-state index contributed by atoms with van der Waals surface area (Å²) in [6.45, 7) is 8.03. The summed E-state index contributed by atoms with van der Waals surface area (Å²) < 4.78 is 12.6. The fourth-order valence-corrected chi connectivity index (χ4v) is 2.98. The molecular weight excluding hydrogens is 425 g/mol. The first-order valence-corrected chi connectivity index (χ1v) is 9.43. The quantitative estimate of drug-likeness (QED) is 0.379. The van der Waals surface area contributed by atoms with Crippen LogP contribution in [0.25, 0.3) is 0 Å². The smallest absolute Gasteiger partial charge is 0.162 e. The number of hydrogen-bond acceptors (Lipinski definition) is 3. The molecule has 0 aromatic heterocycles. The van der Waals surface area contributed by atoms with Gasteiger partial charge in [0.05, 0.1) is 16.7 Å². The van der Waals surface area contributed by atoms with E-state index in [4.69, 9.17) is 32.7 Å². The highest BCUT2D eigenvalue weighted by molar-refractivity contribution is 9.10. The number of nitrogens with one attached hydrogen (secondary N) is 1. The summed E-state index contributed by atoms with van der Waals surface area (Å²) in [6.07, 6.45) is 1.83. The van der Waals surface area contributed by atoms with E-state index in [1.807, 2.05) is 31.2 Å². The first-order valence-electron chi connectivity index (χ1n) is 7.88. The minimum atomic E-state index is 0.372. The summed E-state index contributed by atoms with van der Waals surface area (Å²) in [5.74, 6) is 1.38. The van der Waals surface area contributed by atoms with E-state index in [9.17, 15) is 0 Å². The molecule has 0 spiro atoms. The van der Waals surface area contributed by atoms with E-state index in [1.165, 1.54) is 0 Å². The molecule has 134 valence electrons. The van der Waals surface area contributed by atoms with Crippen LogP contribution in [0.4, 0.5) is 0 Å². The third kappa shape index (κ3) is 5.93. The van der Waals surface area contributed by atoms with Crippen molar-refractivity contribution in [2.75, 3.05) is 13.2 Å². The Labute approximate surface area is 167 Å². The molecule has 2 rings (SSSR count). The largest absolute Gasteiger partial charge is 0.490 e. The Morgan fingerprint density at radius 2 is 1.88 bits per heavy atom. The zero-order valence-electron chi connectivity index (χ0n) is 14.0. The Morgan fingerprint density at radius 3 is 2.56 bits per heavy atom. The number of rotatable bonds is 9. The van der Waals surface area contributed by atoms with Gasteiger partial charge in [-0.05, 0) is 42.3 Å². The van der Waals surface area contributed by atoms with E-state index < -0.39 is 0 Å². The Kier molecular flexibility index (Phi) is 8.10. The molecule has 0 radical (unpaired) electrons. The zero-order valence-corrected chi connectivity index (χ0v) is 17.0. The van der Waals surface area contributed by atoms with Gasteiger partial charge >= 0.3 is 0 Å². The van der Waals surface area contributed by atoms with Crippen LogP contribution in [0.1, 0.15) is 18.1 Å². The highest BCUT2D eigenvalue weighted by atomic mass is 79.9. The van der Waals surface area contributed by atoms with Crippen LogP contribution in [0.3, 0.4) is 0 Å². The molecule has 0 heterocycles. The van der Waals surface area contributed by atoms with E-state index in [-0.39, 0.29) is 0 Å². The van der Waals surface area contributed by atoms with Crippen molar-refractivity contribution in [1.82, 2.24) is 5.32 Å². The highest BCUT2D eigenvalue weighted by Gasteiger charge is 2.11. The van der Waals surface area contributed by atoms with Crippen LogP contribution in [0.2, 0.25) is 10.0 Å². The van der Waals surface area contributed by atoms with Crippen LogP contribution < -0.4 is 14.8 Å². The van der Waals surface area contributed by atoms with Crippen LogP contribution in [-0.4, -0.2) is 13.2 Å². The van der Waals surface area contributed by atoms with Crippen LogP contribution in [0.5, 0.6) is 11.5 Å². The molecule has 0 fully saturated rings. The third-order valence-corrected chi connectivity index (χ3v) is 4.87. The van der Waals surface area contributed by atoms with Gasteiger partial charge in [-0.1, -0.05) is 51.3 Å². The number of halogens is 3. The fraction of sp³-hybridized carbons (Fsp3) is 0.263. The van der Waals surface area contributed by atoms with Gasteiger partial charge in [-0.3, -0.25) is 0 Å². The van der Waals surface area contributed by atoms with Crippen molar-refractivity contribution in [3.05, 3.63) is 68.6 Å². The molecule has 0 unspecified atom stereocenters. The van der Waals surface area contributed by atoms with Crippen molar-refractivity contribution in [3.8, 4) is 11.5 Å². The van der Waals surface area contributed by atoms with Crippen molar-refractivity contribution in [3.63, 3.8) is 0 Å². The second kappa shape index (κ2) is 10.1. The van der Waals surface area contributed by atoms with Crippen molar-refractivity contribution in [1.29, 1.82) is 0 Å². The predicted octanol–water partition coefficient (Wildman–Crippen LogP) is 6.01. The maximum absolute atomic E-state index is 6.05. The van der Waals surface area contributed by atoms with Gasteiger partial charge in [0.2, 0.25) is 0 Å². The van der Waals surface area contributed by atoms with Gasteiger partial charge in [-0.15, -0.1) is 6.58 Å². The van der Waals surface area contributed by atoms with Crippen molar-refractivity contribution in [2.24, 2.45) is 0 Å². The highest BCUT2D eigenvalue weighted by Crippen LogP contribution is 2.34. The van der Waals surface area contributed by atoms with Gasteiger partial charge in [0.1, 0.15) is 6.61 Å². The molecule has 6 heteroatoms. The summed E-state index contributed by atoms with van der Waals surface area (Å²) in [5, 5.41) is 4.32. The molecule has 0 aliphatic carbocycles. The standard InChI is InChI=1S/C19H20BrCl2NO2/c1-3-7-23-11-14-9-18(24-4-2)19(10-15(14)20)25-12-13-5-6-16(21)17(22)8-13/h3,5-6,8-10,23H,1,4,7,11-12H2,2H3. The molecule has 0 amide bonds. The molecule has 0 bridgehead atoms. The van der Waals surface area contributed by atoms with Crippen molar-refractivity contribution >= 4 is 39.1 Å². The first kappa shape index (κ1) is 20.1. The lowest BCUT2D eigenvalue weighted by Gasteiger charge is -2.15. The van der Waals surface area contributed by atoms with Crippen LogP contribution >= 0.6 is 39.1 Å². The maximum atomic E-state index is 6.05. The molecule has 0 saturated heterocycles. The fourth-order valence-electron chi connectivity index (χ4n) is 2.19. The van der Waals surface area contributed by atoms with Crippen molar-refractivity contribution < 1.29 is 9.47 Å². The molecule has 2 aromatic carbocycles. The summed E-state index contributed by atoms with van der Waals surface area (Å²) in [7, 11) is 0. The number of benzene rings is 2. The van der Waals surface area contributed by atoms with Gasteiger partial charge in [0.15, 0.2) is 11.5 Å². The molecule has 0 aliphatic heterocycles. The van der Waals surface area contributed by atoms with E-state index >= 15 is 0 Å². The zero-order chi connectivity index (χ0) is 18.2. The van der Waals surface area contributed by atoms with Gasteiger partial charge in [0.25, 0.3) is 0 Å². The van der Waals surface area contributed by atoms with Gasteiger partial charge in [-0.2, -0.15) is 0 Å². The Morgan fingerprint density at radius 1 is 1.12 bits per heavy atom. The topological polar surface area (TPSA) is 30.5 Å². The number of hydrogen-bond donors (Lipinski definition) is 1. The first-order chi connectivity index (χ1) is 12.0. The average Bonchev–Trinajstić information content (AvgIpc) is 2.59. The lowest BCUT2D eigenvalue weighted by atomic mass is 10.2. The van der Waals surface area contributed by atoms with Crippen molar-refractivity contribution in [2.45, 2.75) is 20.1 Å². The molecule has 0 saturated carbocycles. The van der Waals surface area contributed by atoms with Crippen LogP contribution in [-0.2, 0) is 13.2 Å².